The summed E-state index contributed by atoms with van der Waals surface area (Å²) in [6, 6.07) is 1.86. The highest BCUT2D eigenvalue weighted by molar-refractivity contribution is 7.21. The standard InChI is InChI=1S/C15H19N3O2S/c1-2-18(9-10-4-3-7-20-10)15(19)14-13(16)11-5-6-17-8-12(11)21-14/h5-6,8,10H,2-4,7,9,16H2,1H3. The smallest absolute Gasteiger partial charge is 0.266 e. The predicted octanol–water partition coefficient (Wildman–Crippen LogP) is 2.52. The van der Waals surface area contributed by atoms with E-state index in [1.807, 2.05) is 17.9 Å². The van der Waals surface area contributed by atoms with Gasteiger partial charge in [-0.05, 0) is 25.8 Å². The molecule has 1 fully saturated rings. The van der Waals surface area contributed by atoms with Crippen molar-refractivity contribution in [3.05, 3.63) is 23.3 Å². The number of thiophene rings is 1. The van der Waals surface area contributed by atoms with Crippen LogP contribution in [0.2, 0.25) is 0 Å². The minimum absolute atomic E-state index is 0.00769. The first-order valence-corrected chi connectivity index (χ1v) is 8.05. The number of carbonyl (C=O) groups excluding carboxylic acids is 1. The van der Waals surface area contributed by atoms with Crippen LogP contribution in [0.25, 0.3) is 10.1 Å². The molecule has 1 unspecified atom stereocenters. The number of hydrogen-bond donors (Lipinski definition) is 1. The fourth-order valence-corrected chi connectivity index (χ4v) is 3.72. The fourth-order valence-electron chi connectivity index (χ4n) is 2.66. The maximum atomic E-state index is 12.7. The molecule has 0 aromatic carbocycles. The van der Waals surface area contributed by atoms with Gasteiger partial charge in [-0.1, -0.05) is 0 Å². The first-order chi connectivity index (χ1) is 10.2. The monoisotopic (exact) mass is 305 g/mol. The predicted molar refractivity (Wildman–Crippen MR) is 84.6 cm³/mol. The lowest BCUT2D eigenvalue weighted by Gasteiger charge is -2.23. The van der Waals surface area contributed by atoms with Gasteiger partial charge in [0.2, 0.25) is 0 Å². The molecule has 3 heterocycles. The maximum Gasteiger partial charge on any atom is 0.266 e. The summed E-state index contributed by atoms with van der Waals surface area (Å²) in [5.74, 6) is -0.00769. The topological polar surface area (TPSA) is 68.5 Å². The van der Waals surface area contributed by atoms with Crippen LogP contribution in [0, 0.1) is 0 Å². The molecule has 1 aliphatic rings. The van der Waals surface area contributed by atoms with Gasteiger partial charge in [0.25, 0.3) is 5.91 Å². The Morgan fingerprint density at radius 1 is 1.62 bits per heavy atom. The lowest BCUT2D eigenvalue weighted by Crippen LogP contribution is -2.37. The van der Waals surface area contributed by atoms with Gasteiger partial charge in [-0.3, -0.25) is 9.78 Å². The summed E-state index contributed by atoms with van der Waals surface area (Å²) in [6.07, 6.45) is 5.71. The number of amides is 1. The highest BCUT2D eigenvalue weighted by atomic mass is 32.1. The van der Waals surface area contributed by atoms with E-state index in [0.717, 1.165) is 29.5 Å². The Bertz CT molecular complexity index is 649. The van der Waals surface area contributed by atoms with Crippen LogP contribution >= 0.6 is 11.3 Å². The van der Waals surface area contributed by atoms with E-state index in [-0.39, 0.29) is 12.0 Å². The Morgan fingerprint density at radius 3 is 3.14 bits per heavy atom. The summed E-state index contributed by atoms with van der Waals surface area (Å²) in [6.45, 7) is 4.08. The normalized spacial score (nSPS) is 18.2. The third-order valence-corrected chi connectivity index (χ3v) is 4.99. The second-order valence-electron chi connectivity index (χ2n) is 5.20. The quantitative estimate of drug-likeness (QED) is 0.942. The number of carbonyl (C=O) groups is 1. The van der Waals surface area contributed by atoms with E-state index < -0.39 is 0 Å². The van der Waals surface area contributed by atoms with E-state index in [9.17, 15) is 4.79 Å². The van der Waals surface area contributed by atoms with E-state index in [1.54, 1.807) is 12.4 Å². The molecule has 0 spiro atoms. The van der Waals surface area contributed by atoms with Crippen molar-refractivity contribution in [2.45, 2.75) is 25.9 Å². The molecule has 5 nitrogen and oxygen atoms in total. The molecule has 1 saturated heterocycles. The molecule has 1 amide bonds. The molecule has 0 bridgehead atoms. The largest absolute Gasteiger partial charge is 0.397 e. The molecular weight excluding hydrogens is 286 g/mol. The SMILES string of the molecule is CCN(CC1CCCO1)C(=O)c1sc2cnccc2c1N. The van der Waals surface area contributed by atoms with Crippen molar-refractivity contribution < 1.29 is 9.53 Å². The van der Waals surface area contributed by atoms with Crippen molar-refractivity contribution in [2.24, 2.45) is 0 Å². The number of pyridine rings is 1. The van der Waals surface area contributed by atoms with Crippen LogP contribution in [0.1, 0.15) is 29.4 Å². The van der Waals surface area contributed by atoms with E-state index in [0.29, 0.717) is 23.7 Å². The lowest BCUT2D eigenvalue weighted by molar-refractivity contribution is 0.0543. The molecule has 0 radical (unpaired) electrons. The van der Waals surface area contributed by atoms with E-state index in [1.165, 1.54) is 11.3 Å². The van der Waals surface area contributed by atoms with Crippen LogP contribution in [-0.2, 0) is 4.74 Å². The zero-order chi connectivity index (χ0) is 14.8. The van der Waals surface area contributed by atoms with Crippen molar-refractivity contribution in [3.8, 4) is 0 Å². The fraction of sp³-hybridized carbons (Fsp3) is 0.467. The van der Waals surface area contributed by atoms with Gasteiger partial charge in [0.15, 0.2) is 0 Å². The van der Waals surface area contributed by atoms with Crippen molar-refractivity contribution in [1.82, 2.24) is 9.88 Å². The number of ether oxygens (including phenoxy) is 1. The lowest BCUT2D eigenvalue weighted by atomic mass is 10.2. The van der Waals surface area contributed by atoms with Crippen LogP contribution in [-0.4, -0.2) is 41.6 Å². The summed E-state index contributed by atoms with van der Waals surface area (Å²) >= 11 is 1.41. The Kier molecular flexibility index (Phi) is 4.07. The molecule has 2 aromatic rings. The van der Waals surface area contributed by atoms with Crippen LogP contribution < -0.4 is 5.73 Å². The van der Waals surface area contributed by atoms with E-state index in [4.69, 9.17) is 10.5 Å². The number of rotatable bonds is 4. The summed E-state index contributed by atoms with van der Waals surface area (Å²) in [5, 5.41) is 0.909. The highest BCUT2D eigenvalue weighted by Gasteiger charge is 2.25. The Labute approximate surface area is 127 Å². The molecule has 2 aromatic heterocycles. The minimum atomic E-state index is -0.00769. The third kappa shape index (κ3) is 2.73. The molecule has 21 heavy (non-hydrogen) atoms. The first-order valence-electron chi connectivity index (χ1n) is 7.23. The molecule has 6 heteroatoms. The van der Waals surface area contributed by atoms with Gasteiger partial charge in [-0.25, -0.2) is 0 Å². The van der Waals surface area contributed by atoms with Gasteiger partial charge in [-0.15, -0.1) is 11.3 Å². The number of nitrogens with two attached hydrogens (primary N) is 1. The number of nitrogens with zero attached hydrogens (tertiary/aromatic N) is 2. The highest BCUT2D eigenvalue weighted by Crippen LogP contribution is 2.33. The van der Waals surface area contributed by atoms with E-state index in [2.05, 4.69) is 4.98 Å². The van der Waals surface area contributed by atoms with Crippen LogP contribution in [0.5, 0.6) is 0 Å². The summed E-state index contributed by atoms with van der Waals surface area (Å²) in [4.78, 5) is 19.3. The summed E-state index contributed by atoms with van der Waals surface area (Å²) in [5.41, 5.74) is 6.71. The summed E-state index contributed by atoms with van der Waals surface area (Å²) in [7, 11) is 0. The van der Waals surface area contributed by atoms with Gasteiger partial charge < -0.3 is 15.4 Å². The maximum absolute atomic E-state index is 12.7. The molecule has 112 valence electrons. The molecule has 2 N–H and O–H groups in total. The molecule has 1 aliphatic heterocycles. The van der Waals surface area contributed by atoms with Crippen molar-refractivity contribution >= 4 is 33.0 Å². The van der Waals surface area contributed by atoms with E-state index >= 15 is 0 Å². The first kappa shape index (κ1) is 14.3. The molecular formula is C15H19N3O2S. The second kappa shape index (κ2) is 5.99. The number of nitrogen functional groups attached to an aromatic ring is 1. The molecule has 0 saturated carbocycles. The zero-order valence-electron chi connectivity index (χ0n) is 12.0. The number of anilines is 1. The average Bonchev–Trinajstić information content (AvgIpc) is 3.13. The Morgan fingerprint density at radius 2 is 2.48 bits per heavy atom. The van der Waals surface area contributed by atoms with Gasteiger partial charge in [-0.2, -0.15) is 0 Å². The van der Waals surface area contributed by atoms with Gasteiger partial charge in [0, 0.05) is 37.5 Å². The number of likely N-dealkylation sites (N-methyl/N-ethyl adjacent to an activating group) is 1. The number of aromatic nitrogens is 1. The minimum Gasteiger partial charge on any atom is -0.397 e. The number of fused-ring (bicyclic) bond motifs is 1. The Hall–Kier alpha value is -1.66. The average molecular weight is 305 g/mol. The van der Waals surface area contributed by atoms with Crippen LogP contribution in [0.4, 0.5) is 5.69 Å². The van der Waals surface area contributed by atoms with Gasteiger partial charge in [0.1, 0.15) is 4.88 Å². The van der Waals surface area contributed by atoms with Gasteiger partial charge in [0.05, 0.1) is 16.5 Å². The van der Waals surface area contributed by atoms with Crippen molar-refractivity contribution in [3.63, 3.8) is 0 Å². The summed E-state index contributed by atoms with van der Waals surface area (Å²) < 4.78 is 6.58. The molecule has 0 aliphatic carbocycles. The molecule has 1 atom stereocenters. The van der Waals surface area contributed by atoms with Crippen LogP contribution in [0.3, 0.4) is 0 Å². The number of hydrogen-bond acceptors (Lipinski definition) is 5. The Balaban J connectivity index is 1.85. The van der Waals surface area contributed by atoms with Gasteiger partial charge >= 0.3 is 0 Å². The zero-order valence-corrected chi connectivity index (χ0v) is 12.9. The van der Waals surface area contributed by atoms with Crippen LogP contribution in [0.15, 0.2) is 18.5 Å². The second-order valence-corrected chi connectivity index (χ2v) is 6.25. The van der Waals surface area contributed by atoms with Crippen molar-refractivity contribution in [2.75, 3.05) is 25.4 Å². The third-order valence-electron chi connectivity index (χ3n) is 3.84. The molecule has 3 rings (SSSR count). The van der Waals surface area contributed by atoms with Crippen molar-refractivity contribution in [1.29, 1.82) is 0 Å².